The fourth-order valence-corrected chi connectivity index (χ4v) is 3.68. The van der Waals surface area contributed by atoms with Gasteiger partial charge in [0, 0.05) is 6.61 Å². The molecule has 1 saturated heterocycles. The van der Waals surface area contributed by atoms with Gasteiger partial charge in [0.25, 0.3) is 0 Å². The van der Waals surface area contributed by atoms with E-state index < -0.39 is 38.1 Å². The zero-order valence-electron chi connectivity index (χ0n) is 10.9. The van der Waals surface area contributed by atoms with Crippen molar-refractivity contribution in [1.29, 1.82) is 5.26 Å². The first-order chi connectivity index (χ1) is 9.74. The molecule has 4 nitrogen and oxygen atoms in total. The lowest BCUT2D eigenvalue weighted by Crippen LogP contribution is -2.21. The van der Waals surface area contributed by atoms with Crippen molar-refractivity contribution in [3.63, 3.8) is 0 Å². The number of nitrogens with zero attached hydrogens (tertiary/aromatic N) is 1. The Morgan fingerprint density at radius 3 is 2.62 bits per heavy atom. The zero-order chi connectivity index (χ0) is 15.7. The van der Waals surface area contributed by atoms with Crippen LogP contribution < -0.4 is 0 Å². The molecule has 114 valence electrons. The molecule has 1 atom stereocenters. The van der Waals surface area contributed by atoms with Crippen molar-refractivity contribution in [1.82, 2.24) is 0 Å². The van der Waals surface area contributed by atoms with Gasteiger partial charge >= 0.3 is 6.18 Å². The predicted molar refractivity (Wildman–Crippen MR) is 67.2 cm³/mol. The van der Waals surface area contributed by atoms with Crippen LogP contribution in [0, 0.1) is 11.3 Å². The van der Waals surface area contributed by atoms with Crippen molar-refractivity contribution in [3.8, 4) is 6.07 Å². The quantitative estimate of drug-likeness (QED) is 0.858. The number of alkyl halides is 3. The molecule has 8 heteroatoms. The van der Waals surface area contributed by atoms with E-state index in [0.717, 1.165) is 18.6 Å². The van der Waals surface area contributed by atoms with Gasteiger partial charge in [-0.2, -0.15) is 18.4 Å². The van der Waals surface area contributed by atoms with Crippen LogP contribution in [0.5, 0.6) is 0 Å². The second-order valence-electron chi connectivity index (χ2n) is 4.73. The van der Waals surface area contributed by atoms with Crippen LogP contribution in [0.3, 0.4) is 0 Å². The standard InChI is InChI=1S/C13H12F3NO3S/c14-13(15,16)12-6-11(4-3-9(12)7-17)21(18,19)8-10-2-1-5-20-10/h3-4,6,10H,1-2,5,8H2/t10-/m0/s1. The van der Waals surface area contributed by atoms with Crippen molar-refractivity contribution in [2.45, 2.75) is 30.0 Å². The molecule has 0 saturated carbocycles. The molecule has 0 radical (unpaired) electrons. The van der Waals surface area contributed by atoms with E-state index in [4.69, 9.17) is 10.00 Å². The summed E-state index contributed by atoms with van der Waals surface area (Å²) in [7, 11) is -3.89. The molecule has 0 amide bonds. The average molecular weight is 319 g/mol. The van der Waals surface area contributed by atoms with Gasteiger partial charge in [0.05, 0.1) is 33.9 Å². The molecule has 1 fully saturated rings. The predicted octanol–water partition coefficient (Wildman–Crippen LogP) is 2.53. The van der Waals surface area contributed by atoms with Gasteiger partial charge in [-0.25, -0.2) is 8.42 Å². The molecule has 0 aromatic heterocycles. The van der Waals surface area contributed by atoms with Crippen LogP contribution in [0.4, 0.5) is 13.2 Å². The van der Waals surface area contributed by atoms with Crippen LogP contribution in [-0.2, 0) is 20.8 Å². The van der Waals surface area contributed by atoms with Gasteiger partial charge in [0.1, 0.15) is 0 Å². The summed E-state index contributed by atoms with van der Waals surface area (Å²) in [4.78, 5) is -0.440. The molecule has 1 aliphatic rings. The Kier molecular flexibility index (Phi) is 4.25. The Morgan fingerprint density at radius 2 is 2.10 bits per heavy atom. The second-order valence-corrected chi connectivity index (χ2v) is 6.77. The van der Waals surface area contributed by atoms with E-state index in [1.807, 2.05) is 0 Å². The Morgan fingerprint density at radius 1 is 1.38 bits per heavy atom. The number of hydrogen-bond donors (Lipinski definition) is 0. The van der Waals surface area contributed by atoms with E-state index in [0.29, 0.717) is 19.1 Å². The second kappa shape index (κ2) is 5.66. The maximum Gasteiger partial charge on any atom is 0.417 e. The van der Waals surface area contributed by atoms with Crippen LogP contribution in [0.15, 0.2) is 23.1 Å². The topological polar surface area (TPSA) is 67.2 Å². The molecular formula is C13H12F3NO3S. The highest BCUT2D eigenvalue weighted by molar-refractivity contribution is 7.91. The van der Waals surface area contributed by atoms with Gasteiger partial charge in [-0.05, 0) is 31.0 Å². The lowest BCUT2D eigenvalue weighted by molar-refractivity contribution is -0.137. The zero-order valence-corrected chi connectivity index (χ0v) is 11.7. The summed E-state index contributed by atoms with van der Waals surface area (Å²) < 4.78 is 68.0. The van der Waals surface area contributed by atoms with E-state index in [1.54, 1.807) is 0 Å². The highest BCUT2D eigenvalue weighted by atomic mass is 32.2. The highest BCUT2D eigenvalue weighted by Crippen LogP contribution is 2.33. The van der Waals surface area contributed by atoms with Gasteiger partial charge < -0.3 is 4.74 Å². The van der Waals surface area contributed by atoms with E-state index in [9.17, 15) is 21.6 Å². The number of hydrogen-bond acceptors (Lipinski definition) is 4. The number of halogens is 3. The van der Waals surface area contributed by atoms with Crippen LogP contribution in [-0.4, -0.2) is 26.9 Å². The van der Waals surface area contributed by atoms with E-state index >= 15 is 0 Å². The van der Waals surface area contributed by atoms with Gasteiger partial charge in [-0.15, -0.1) is 0 Å². The monoisotopic (exact) mass is 319 g/mol. The maximum absolute atomic E-state index is 12.8. The molecule has 0 unspecified atom stereocenters. The highest BCUT2D eigenvalue weighted by Gasteiger charge is 2.35. The number of nitriles is 1. The number of benzene rings is 1. The molecule has 0 spiro atoms. The summed E-state index contributed by atoms with van der Waals surface area (Å²) in [6.45, 7) is 0.460. The van der Waals surface area contributed by atoms with E-state index in [2.05, 4.69) is 0 Å². The molecule has 2 rings (SSSR count). The first kappa shape index (κ1) is 15.8. The largest absolute Gasteiger partial charge is 0.417 e. The fourth-order valence-electron chi connectivity index (χ4n) is 2.17. The van der Waals surface area contributed by atoms with Crippen molar-refractivity contribution in [2.75, 3.05) is 12.4 Å². The molecule has 0 bridgehead atoms. The minimum Gasteiger partial charge on any atom is -0.377 e. The van der Waals surface area contributed by atoms with Crippen molar-refractivity contribution >= 4 is 9.84 Å². The molecule has 1 aliphatic heterocycles. The SMILES string of the molecule is N#Cc1ccc(S(=O)(=O)C[C@@H]2CCCO2)cc1C(F)(F)F. The Hall–Kier alpha value is -1.59. The molecule has 0 N–H and O–H groups in total. The lowest BCUT2D eigenvalue weighted by atomic mass is 10.1. The first-order valence-electron chi connectivity index (χ1n) is 6.20. The van der Waals surface area contributed by atoms with Crippen LogP contribution >= 0.6 is 0 Å². The van der Waals surface area contributed by atoms with Crippen LogP contribution in [0.25, 0.3) is 0 Å². The third-order valence-corrected chi connectivity index (χ3v) is 4.99. The Balaban J connectivity index is 2.38. The third-order valence-electron chi connectivity index (χ3n) is 3.21. The summed E-state index contributed by atoms with van der Waals surface area (Å²) in [6.07, 6.45) is -3.95. The van der Waals surface area contributed by atoms with Crippen molar-refractivity contribution in [3.05, 3.63) is 29.3 Å². The van der Waals surface area contributed by atoms with Gasteiger partial charge in [-0.1, -0.05) is 0 Å². The summed E-state index contributed by atoms with van der Waals surface area (Å²) >= 11 is 0. The first-order valence-corrected chi connectivity index (χ1v) is 7.85. The summed E-state index contributed by atoms with van der Waals surface area (Å²) in [6, 6.07) is 3.84. The van der Waals surface area contributed by atoms with Gasteiger partial charge in [-0.3, -0.25) is 0 Å². The summed E-state index contributed by atoms with van der Waals surface area (Å²) in [5.41, 5.74) is -1.84. The normalized spacial score (nSPS) is 19.4. The minimum atomic E-state index is -4.78. The fraction of sp³-hybridized carbons (Fsp3) is 0.462. The smallest absolute Gasteiger partial charge is 0.377 e. The van der Waals surface area contributed by atoms with Crippen LogP contribution in [0.2, 0.25) is 0 Å². The molecule has 0 aliphatic carbocycles. The maximum atomic E-state index is 12.8. The van der Waals surface area contributed by atoms with Gasteiger partial charge in [0.2, 0.25) is 0 Å². The number of ether oxygens (including phenoxy) is 1. The minimum absolute atomic E-state index is 0.351. The molecular weight excluding hydrogens is 307 g/mol. The third kappa shape index (κ3) is 3.54. The number of rotatable bonds is 3. The number of sulfone groups is 1. The van der Waals surface area contributed by atoms with Crippen molar-refractivity contribution in [2.24, 2.45) is 0 Å². The molecule has 21 heavy (non-hydrogen) atoms. The molecule has 1 aromatic rings. The van der Waals surface area contributed by atoms with E-state index in [-0.39, 0.29) is 5.75 Å². The van der Waals surface area contributed by atoms with Crippen molar-refractivity contribution < 1.29 is 26.3 Å². The molecule has 1 heterocycles. The summed E-state index contributed by atoms with van der Waals surface area (Å²) in [5, 5.41) is 8.69. The Bertz CT molecular complexity index is 671. The van der Waals surface area contributed by atoms with E-state index in [1.165, 1.54) is 6.07 Å². The van der Waals surface area contributed by atoms with Crippen LogP contribution in [0.1, 0.15) is 24.0 Å². The average Bonchev–Trinajstić information content (AvgIpc) is 2.89. The lowest BCUT2D eigenvalue weighted by Gasteiger charge is -2.13. The Labute approximate surface area is 120 Å². The molecule has 1 aromatic carbocycles. The van der Waals surface area contributed by atoms with Gasteiger partial charge in [0.15, 0.2) is 9.84 Å². The summed E-state index contributed by atoms with van der Waals surface area (Å²) in [5.74, 6) is -0.351.